The first kappa shape index (κ1) is 19.9. The number of rotatable bonds is 6. The lowest BCUT2D eigenvalue weighted by Crippen LogP contribution is -2.41. The van der Waals surface area contributed by atoms with E-state index in [1.165, 1.54) is 12.1 Å². The summed E-state index contributed by atoms with van der Waals surface area (Å²) in [6.45, 7) is 2.53. The van der Waals surface area contributed by atoms with E-state index in [2.05, 4.69) is 0 Å². The Labute approximate surface area is 164 Å². The fourth-order valence-electron chi connectivity index (χ4n) is 3.75. The number of carbonyl (C=O) groups excluding carboxylic acids is 2. The molecule has 0 heterocycles. The first-order chi connectivity index (χ1) is 13.6. The van der Waals surface area contributed by atoms with Crippen LogP contribution in [0.1, 0.15) is 54.9 Å². The predicted octanol–water partition coefficient (Wildman–Crippen LogP) is 4.01. The molecule has 148 valence electrons. The van der Waals surface area contributed by atoms with Crippen LogP contribution in [0, 0.1) is 0 Å². The number of hydrogen-bond donors (Lipinski definition) is 2. The molecule has 0 radical (unpaired) electrons. The first-order valence-electron chi connectivity index (χ1n) is 9.59. The minimum Gasteiger partial charge on any atom is -0.494 e. The van der Waals surface area contributed by atoms with Crippen LogP contribution in [0.4, 0.5) is 0 Å². The zero-order valence-corrected chi connectivity index (χ0v) is 15.9. The molecule has 0 aromatic heterocycles. The minimum atomic E-state index is -0.676. The molecule has 0 aliphatic heterocycles. The van der Waals surface area contributed by atoms with Crippen molar-refractivity contribution in [2.24, 2.45) is 0 Å². The van der Waals surface area contributed by atoms with Gasteiger partial charge in [-0.15, -0.1) is 0 Å². The Morgan fingerprint density at radius 2 is 1.57 bits per heavy atom. The smallest absolute Gasteiger partial charge is 0.321 e. The molecule has 1 aliphatic carbocycles. The van der Waals surface area contributed by atoms with Gasteiger partial charge in [0.05, 0.1) is 12.0 Å². The second kappa shape index (κ2) is 8.89. The maximum Gasteiger partial charge on any atom is 0.321 e. The molecule has 2 N–H and O–H groups in total. The van der Waals surface area contributed by atoms with Crippen molar-refractivity contribution >= 4 is 11.9 Å². The zero-order valence-electron chi connectivity index (χ0n) is 15.9. The van der Waals surface area contributed by atoms with Crippen molar-refractivity contribution in [3.63, 3.8) is 0 Å². The highest BCUT2D eigenvalue weighted by Gasteiger charge is 2.43. The van der Waals surface area contributed by atoms with Gasteiger partial charge < -0.3 is 9.47 Å². The molecule has 1 amide bonds. The van der Waals surface area contributed by atoms with Crippen LogP contribution in [-0.2, 0) is 10.2 Å². The molecule has 6 nitrogen and oxygen atoms in total. The third-order valence-corrected chi connectivity index (χ3v) is 5.24. The van der Waals surface area contributed by atoms with E-state index in [0.29, 0.717) is 12.4 Å². The molecule has 6 heteroatoms. The fraction of sp³-hybridized carbons (Fsp3) is 0.364. The summed E-state index contributed by atoms with van der Waals surface area (Å²) in [6.07, 6.45) is 4.53. The van der Waals surface area contributed by atoms with Crippen LogP contribution in [0.25, 0.3) is 0 Å². The van der Waals surface area contributed by atoms with Crippen LogP contribution in [0.3, 0.4) is 0 Å². The normalized spacial score (nSPS) is 15.5. The molecular formula is C22H25NO5. The van der Waals surface area contributed by atoms with Crippen molar-refractivity contribution in [2.75, 3.05) is 6.61 Å². The largest absolute Gasteiger partial charge is 0.494 e. The summed E-state index contributed by atoms with van der Waals surface area (Å²) in [6, 6.07) is 13.8. The molecule has 1 saturated carbocycles. The van der Waals surface area contributed by atoms with Gasteiger partial charge in [0.15, 0.2) is 0 Å². The van der Waals surface area contributed by atoms with Crippen LogP contribution in [0.15, 0.2) is 48.5 Å². The third-order valence-electron chi connectivity index (χ3n) is 5.24. The lowest BCUT2D eigenvalue weighted by atomic mass is 9.69. The highest BCUT2D eigenvalue weighted by molar-refractivity contribution is 5.93. The standard InChI is InChI=1S/C22H25NO5/c1-2-27-18-12-8-17(9-13-18)22(14-4-3-5-15-22)21(25)28-19-10-6-16(7-11-19)20(24)23-26/h6-13,26H,2-5,14-15H2,1H3,(H,23,24). The van der Waals surface area contributed by atoms with Crippen molar-refractivity contribution < 1.29 is 24.3 Å². The number of carbonyl (C=O) groups is 2. The summed E-state index contributed by atoms with van der Waals surface area (Å²) in [5.74, 6) is 0.255. The quantitative estimate of drug-likeness (QED) is 0.341. The van der Waals surface area contributed by atoms with Crippen LogP contribution in [0.2, 0.25) is 0 Å². The van der Waals surface area contributed by atoms with Gasteiger partial charge in [0.1, 0.15) is 11.5 Å². The van der Waals surface area contributed by atoms with Gasteiger partial charge in [-0.05, 0) is 61.7 Å². The highest BCUT2D eigenvalue weighted by Crippen LogP contribution is 2.41. The first-order valence-corrected chi connectivity index (χ1v) is 9.59. The molecule has 3 rings (SSSR count). The number of ether oxygens (including phenoxy) is 2. The molecule has 0 spiro atoms. The molecule has 0 atom stereocenters. The van der Waals surface area contributed by atoms with E-state index in [0.717, 1.165) is 43.4 Å². The number of esters is 1. The van der Waals surface area contributed by atoms with Crippen LogP contribution < -0.4 is 15.0 Å². The van der Waals surface area contributed by atoms with E-state index in [9.17, 15) is 9.59 Å². The summed E-state index contributed by atoms with van der Waals surface area (Å²) in [7, 11) is 0. The zero-order chi connectivity index (χ0) is 20.0. The molecule has 28 heavy (non-hydrogen) atoms. The SMILES string of the molecule is CCOc1ccc(C2(C(=O)Oc3ccc(C(=O)NO)cc3)CCCCC2)cc1. The van der Waals surface area contributed by atoms with Gasteiger partial charge in [-0.1, -0.05) is 31.4 Å². The molecule has 0 bridgehead atoms. The molecule has 2 aromatic rings. The number of hydrogen-bond acceptors (Lipinski definition) is 5. The Morgan fingerprint density at radius 3 is 2.14 bits per heavy atom. The summed E-state index contributed by atoms with van der Waals surface area (Å²) in [5.41, 5.74) is 2.12. The molecule has 0 saturated heterocycles. The third kappa shape index (κ3) is 4.17. The van der Waals surface area contributed by atoms with Gasteiger partial charge in [-0.3, -0.25) is 14.8 Å². The van der Waals surface area contributed by atoms with Gasteiger partial charge in [-0.2, -0.15) is 0 Å². The van der Waals surface area contributed by atoms with E-state index in [-0.39, 0.29) is 11.5 Å². The maximum atomic E-state index is 13.2. The Bertz CT molecular complexity index is 808. The van der Waals surface area contributed by atoms with Gasteiger partial charge in [-0.25, -0.2) is 5.48 Å². The molecule has 1 aliphatic rings. The monoisotopic (exact) mass is 383 g/mol. The fourth-order valence-corrected chi connectivity index (χ4v) is 3.75. The van der Waals surface area contributed by atoms with Gasteiger partial charge in [0, 0.05) is 5.56 Å². The van der Waals surface area contributed by atoms with Crippen LogP contribution in [0.5, 0.6) is 11.5 Å². The number of amides is 1. The minimum absolute atomic E-state index is 0.279. The van der Waals surface area contributed by atoms with Crippen LogP contribution >= 0.6 is 0 Å². The van der Waals surface area contributed by atoms with E-state index >= 15 is 0 Å². The van der Waals surface area contributed by atoms with Crippen molar-refractivity contribution in [3.05, 3.63) is 59.7 Å². The summed E-state index contributed by atoms with van der Waals surface area (Å²) in [5, 5.41) is 8.69. The van der Waals surface area contributed by atoms with E-state index in [4.69, 9.17) is 14.7 Å². The topological polar surface area (TPSA) is 84.9 Å². The van der Waals surface area contributed by atoms with Gasteiger partial charge >= 0.3 is 5.97 Å². The lowest BCUT2D eigenvalue weighted by molar-refractivity contribution is -0.142. The molecule has 0 unspecified atom stereocenters. The van der Waals surface area contributed by atoms with E-state index in [1.54, 1.807) is 17.6 Å². The number of benzene rings is 2. The van der Waals surface area contributed by atoms with E-state index < -0.39 is 11.3 Å². The summed E-state index contributed by atoms with van der Waals surface area (Å²) >= 11 is 0. The number of nitrogens with one attached hydrogen (secondary N) is 1. The van der Waals surface area contributed by atoms with Crippen LogP contribution in [-0.4, -0.2) is 23.7 Å². The molecular weight excluding hydrogens is 358 g/mol. The van der Waals surface area contributed by atoms with Gasteiger partial charge in [0.2, 0.25) is 0 Å². The summed E-state index contributed by atoms with van der Waals surface area (Å²) in [4.78, 5) is 24.6. The maximum absolute atomic E-state index is 13.2. The number of hydroxylamine groups is 1. The van der Waals surface area contributed by atoms with Crippen molar-refractivity contribution in [1.82, 2.24) is 5.48 Å². The second-order valence-electron chi connectivity index (χ2n) is 6.95. The second-order valence-corrected chi connectivity index (χ2v) is 6.95. The molecule has 2 aromatic carbocycles. The Hall–Kier alpha value is -2.86. The van der Waals surface area contributed by atoms with Crippen molar-refractivity contribution in [3.8, 4) is 11.5 Å². The van der Waals surface area contributed by atoms with Gasteiger partial charge in [0.25, 0.3) is 5.91 Å². The highest BCUT2D eigenvalue weighted by atomic mass is 16.5. The van der Waals surface area contributed by atoms with Crippen molar-refractivity contribution in [2.45, 2.75) is 44.4 Å². The lowest BCUT2D eigenvalue weighted by Gasteiger charge is -2.35. The Kier molecular flexibility index (Phi) is 6.31. The predicted molar refractivity (Wildman–Crippen MR) is 104 cm³/mol. The Morgan fingerprint density at radius 1 is 0.964 bits per heavy atom. The summed E-state index contributed by atoms with van der Waals surface area (Å²) < 4.78 is 11.2. The Balaban J connectivity index is 1.82. The van der Waals surface area contributed by atoms with E-state index in [1.807, 2.05) is 31.2 Å². The molecule has 1 fully saturated rings. The average molecular weight is 383 g/mol. The van der Waals surface area contributed by atoms with Crippen molar-refractivity contribution in [1.29, 1.82) is 0 Å². The average Bonchev–Trinajstić information content (AvgIpc) is 2.75.